The lowest BCUT2D eigenvalue weighted by atomic mass is 9.96. The van der Waals surface area contributed by atoms with Gasteiger partial charge in [-0.2, -0.15) is 0 Å². The Morgan fingerprint density at radius 1 is 1.19 bits per heavy atom. The van der Waals surface area contributed by atoms with Crippen LogP contribution in [-0.2, 0) is 6.42 Å². The van der Waals surface area contributed by atoms with Gasteiger partial charge in [0.05, 0.1) is 11.1 Å². The van der Waals surface area contributed by atoms with Crippen molar-refractivity contribution < 1.29 is 8.78 Å². The van der Waals surface area contributed by atoms with E-state index in [9.17, 15) is 8.78 Å². The summed E-state index contributed by atoms with van der Waals surface area (Å²) in [5.41, 5.74) is 4.59. The Morgan fingerprint density at radius 2 is 1.95 bits per heavy atom. The van der Waals surface area contributed by atoms with Crippen molar-refractivity contribution in [2.24, 2.45) is 5.84 Å². The predicted octanol–water partition coefficient (Wildman–Crippen LogP) is 4.12. The quantitative estimate of drug-likeness (QED) is 0.495. The molecule has 0 saturated heterocycles. The van der Waals surface area contributed by atoms with Gasteiger partial charge in [0.25, 0.3) is 0 Å². The molecule has 1 atom stereocenters. The highest BCUT2D eigenvalue weighted by Crippen LogP contribution is 2.28. The molecule has 0 bridgehead atoms. The molecule has 0 saturated carbocycles. The number of rotatable bonds is 5. The zero-order valence-corrected chi connectivity index (χ0v) is 12.4. The van der Waals surface area contributed by atoms with Crippen LogP contribution in [0.1, 0.15) is 36.1 Å². The lowest BCUT2D eigenvalue weighted by molar-refractivity contribution is 0.545. The SMILES string of the molecule is CCCc1cccc(C(NN)c2cc(F)c(Cl)cc2F)c1. The summed E-state index contributed by atoms with van der Waals surface area (Å²) < 4.78 is 27.7. The molecular weight excluding hydrogens is 294 g/mol. The van der Waals surface area contributed by atoms with Crippen molar-refractivity contribution in [3.8, 4) is 0 Å². The highest BCUT2D eigenvalue weighted by atomic mass is 35.5. The fourth-order valence-electron chi connectivity index (χ4n) is 2.34. The maximum atomic E-state index is 14.1. The maximum absolute atomic E-state index is 14.1. The third-order valence-electron chi connectivity index (χ3n) is 3.34. The van der Waals surface area contributed by atoms with E-state index >= 15 is 0 Å². The summed E-state index contributed by atoms with van der Waals surface area (Å²) in [5, 5.41) is -0.244. The number of nitrogens with two attached hydrogens (primary N) is 1. The van der Waals surface area contributed by atoms with Gasteiger partial charge in [0.2, 0.25) is 0 Å². The monoisotopic (exact) mass is 310 g/mol. The maximum Gasteiger partial charge on any atom is 0.142 e. The fraction of sp³-hybridized carbons (Fsp3) is 0.250. The first kappa shape index (κ1) is 15.9. The molecule has 5 heteroatoms. The summed E-state index contributed by atoms with van der Waals surface area (Å²) in [6.45, 7) is 2.08. The molecular formula is C16H17ClF2N2. The molecule has 0 spiro atoms. The average Bonchev–Trinajstić information content (AvgIpc) is 2.46. The molecule has 0 aliphatic carbocycles. The highest BCUT2D eigenvalue weighted by Gasteiger charge is 2.19. The van der Waals surface area contributed by atoms with Gasteiger partial charge in [0, 0.05) is 5.56 Å². The summed E-state index contributed by atoms with van der Waals surface area (Å²) >= 11 is 5.58. The molecule has 0 heterocycles. The van der Waals surface area contributed by atoms with E-state index in [4.69, 9.17) is 17.4 Å². The highest BCUT2D eigenvalue weighted by molar-refractivity contribution is 6.30. The standard InChI is InChI=1S/C16H17ClF2N2/c1-2-4-10-5-3-6-11(7-10)16(21-20)12-8-15(19)13(17)9-14(12)18/h3,5-9,16,21H,2,4,20H2,1H3. The smallest absolute Gasteiger partial charge is 0.142 e. The normalized spacial score (nSPS) is 12.4. The number of hydrogen-bond donors (Lipinski definition) is 2. The summed E-state index contributed by atoms with van der Waals surface area (Å²) in [7, 11) is 0. The molecule has 2 rings (SSSR count). The lowest BCUT2D eigenvalue weighted by Crippen LogP contribution is -2.29. The molecule has 21 heavy (non-hydrogen) atoms. The number of hydrazine groups is 1. The topological polar surface area (TPSA) is 38.0 Å². The molecule has 0 aliphatic heterocycles. The molecule has 2 nitrogen and oxygen atoms in total. The molecule has 0 radical (unpaired) electrons. The third-order valence-corrected chi connectivity index (χ3v) is 3.63. The van der Waals surface area contributed by atoms with Crippen LogP contribution in [0.25, 0.3) is 0 Å². The molecule has 112 valence electrons. The summed E-state index contributed by atoms with van der Waals surface area (Å²) in [5.74, 6) is 4.28. The number of nitrogens with one attached hydrogen (secondary N) is 1. The molecule has 2 aromatic carbocycles. The van der Waals surface area contributed by atoms with Crippen LogP contribution in [0.4, 0.5) is 8.78 Å². The van der Waals surface area contributed by atoms with Crippen LogP contribution in [0.3, 0.4) is 0 Å². The van der Waals surface area contributed by atoms with Crippen LogP contribution >= 0.6 is 11.6 Å². The van der Waals surface area contributed by atoms with Crippen LogP contribution in [-0.4, -0.2) is 0 Å². The van der Waals surface area contributed by atoms with E-state index in [2.05, 4.69) is 12.3 Å². The van der Waals surface area contributed by atoms with Crippen LogP contribution in [0, 0.1) is 11.6 Å². The molecule has 1 unspecified atom stereocenters. The van der Waals surface area contributed by atoms with Gasteiger partial charge in [-0.1, -0.05) is 49.2 Å². The minimum absolute atomic E-state index is 0.132. The van der Waals surface area contributed by atoms with Crippen molar-refractivity contribution in [2.75, 3.05) is 0 Å². The summed E-state index contributed by atoms with van der Waals surface area (Å²) in [6, 6.07) is 9.07. The molecule has 2 aromatic rings. The second-order valence-corrected chi connectivity index (χ2v) is 5.29. The Hall–Kier alpha value is -1.49. The van der Waals surface area contributed by atoms with E-state index in [0.29, 0.717) is 0 Å². The Labute approximate surface area is 127 Å². The van der Waals surface area contributed by atoms with Crippen LogP contribution in [0.15, 0.2) is 36.4 Å². The first-order valence-corrected chi connectivity index (χ1v) is 7.14. The van der Waals surface area contributed by atoms with Gasteiger partial charge in [0.1, 0.15) is 11.6 Å². The molecule has 3 N–H and O–H groups in total. The van der Waals surface area contributed by atoms with E-state index < -0.39 is 17.7 Å². The fourth-order valence-corrected chi connectivity index (χ4v) is 2.49. The van der Waals surface area contributed by atoms with Gasteiger partial charge in [-0.3, -0.25) is 5.84 Å². The molecule has 0 aromatic heterocycles. The summed E-state index contributed by atoms with van der Waals surface area (Å²) in [4.78, 5) is 0. The largest absolute Gasteiger partial charge is 0.271 e. The van der Waals surface area contributed by atoms with Gasteiger partial charge >= 0.3 is 0 Å². The Balaban J connectivity index is 2.44. The van der Waals surface area contributed by atoms with E-state index in [0.717, 1.165) is 36.1 Å². The van der Waals surface area contributed by atoms with Gasteiger partial charge in [-0.25, -0.2) is 14.2 Å². The Morgan fingerprint density at radius 3 is 2.62 bits per heavy atom. The van der Waals surface area contributed by atoms with Crippen molar-refractivity contribution >= 4 is 11.6 Å². The first-order valence-electron chi connectivity index (χ1n) is 6.76. The van der Waals surface area contributed by atoms with Gasteiger partial charge in [0.15, 0.2) is 0 Å². The van der Waals surface area contributed by atoms with Crippen molar-refractivity contribution in [3.05, 3.63) is 69.7 Å². The van der Waals surface area contributed by atoms with Gasteiger partial charge in [-0.15, -0.1) is 0 Å². The number of halogens is 3. The zero-order valence-electron chi connectivity index (χ0n) is 11.7. The molecule has 0 fully saturated rings. The van der Waals surface area contributed by atoms with Crippen molar-refractivity contribution in [1.82, 2.24) is 5.43 Å². The minimum Gasteiger partial charge on any atom is -0.271 e. The van der Waals surface area contributed by atoms with E-state index in [1.54, 1.807) is 0 Å². The second-order valence-electron chi connectivity index (χ2n) is 4.88. The van der Waals surface area contributed by atoms with Crippen molar-refractivity contribution in [1.29, 1.82) is 0 Å². The molecule has 0 amide bonds. The third kappa shape index (κ3) is 3.59. The van der Waals surface area contributed by atoms with Crippen LogP contribution in [0.5, 0.6) is 0 Å². The van der Waals surface area contributed by atoms with Crippen LogP contribution < -0.4 is 11.3 Å². The Kier molecular flexibility index (Phi) is 5.28. The van der Waals surface area contributed by atoms with E-state index in [1.165, 1.54) is 0 Å². The van der Waals surface area contributed by atoms with Gasteiger partial charge < -0.3 is 0 Å². The Bertz CT molecular complexity index is 632. The lowest BCUT2D eigenvalue weighted by Gasteiger charge is -2.19. The number of aryl methyl sites for hydroxylation is 1. The van der Waals surface area contributed by atoms with Crippen LogP contribution in [0.2, 0.25) is 5.02 Å². The van der Waals surface area contributed by atoms with E-state index in [1.807, 2.05) is 24.3 Å². The average molecular weight is 311 g/mol. The minimum atomic E-state index is -0.668. The van der Waals surface area contributed by atoms with Crippen molar-refractivity contribution in [2.45, 2.75) is 25.8 Å². The second kappa shape index (κ2) is 6.98. The summed E-state index contributed by atoms with van der Waals surface area (Å²) in [6.07, 6.45) is 1.93. The number of hydrogen-bond acceptors (Lipinski definition) is 2. The first-order chi connectivity index (χ1) is 10.1. The van der Waals surface area contributed by atoms with Crippen molar-refractivity contribution in [3.63, 3.8) is 0 Å². The zero-order chi connectivity index (χ0) is 15.4. The van der Waals surface area contributed by atoms with E-state index in [-0.39, 0.29) is 10.6 Å². The number of benzene rings is 2. The predicted molar refractivity (Wildman–Crippen MR) is 81.0 cm³/mol. The molecule has 0 aliphatic rings. The van der Waals surface area contributed by atoms with Gasteiger partial charge in [-0.05, 0) is 29.7 Å².